The molecule has 0 saturated heterocycles. The lowest BCUT2D eigenvalue weighted by Gasteiger charge is -2.33. The van der Waals surface area contributed by atoms with Crippen LogP contribution < -0.4 is 5.84 Å². The van der Waals surface area contributed by atoms with Crippen LogP contribution in [-0.2, 0) is 0 Å². The van der Waals surface area contributed by atoms with Crippen LogP contribution in [-0.4, -0.2) is 15.1 Å². The number of rotatable bonds is 5. The van der Waals surface area contributed by atoms with Crippen molar-refractivity contribution in [3.63, 3.8) is 0 Å². The predicted octanol–water partition coefficient (Wildman–Crippen LogP) is 2.52. The standard InChI is InChI=1S/C8H19IN2/c1-4-5-6-8(2,3)11(10)7-9/h4-7,10H2,1-3H3. The third kappa shape index (κ3) is 4.28. The van der Waals surface area contributed by atoms with Gasteiger partial charge in [-0.3, -0.25) is 5.84 Å². The molecule has 0 unspecified atom stereocenters. The van der Waals surface area contributed by atoms with E-state index in [-0.39, 0.29) is 5.54 Å². The summed E-state index contributed by atoms with van der Waals surface area (Å²) in [7, 11) is 0. The van der Waals surface area contributed by atoms with Crippen LogP contribution in [0.2, 0.25) is 0 Å². The molecule has 0 radical (unpaired) electrons. The molecule has 11 heavy (non-hydrogen) atoms. The summed E-state index contributed by atoms with van der Waals surface area (Å²) >= 11 is 2.29. The van der Waals surface area contributed by atoms with Crippen LogP contribution in [0.1, 0.15) is 40.0 Å². The fourth-order valence-electron chi connectivity index (χ4n) is 0.915. The lowest BCUT2D eigenvalue weighted by atomic mass is 9.97. The first-order valence-corrected chi connectivity index (χ1v) is 5.65. The van der Waals surface area contributed by atoms with Crippen LogP contribution in [0.25, 0.3) is 0 Å². The van der Waals surface area contributed by atoms with Crippen molar-refractivity contribution >= 4 is 22.6 Å². The van der Waals surface area contributed by atoms with Crippen LogP contribution in [0.15, 0.2) is 0 Å². The van der Waals surface area contributed by atoms with E-state index in [0.717, 1.165) is 4.55 Å². The normalized spacial score (nSPS) is 12.5. The highest BCUT2D eigenvalue weighted by Crippen LogP contribution is 2.18. The molecule has 2 nitrogen and oxygen atoms in total. The average molecular weight is 270 g/mol. The van der Waals surface area contributed by atoms with Gasteiger partial charge in [-0.1, -0.05) is 42.4 Å². The van der Waals surface area contributed by atoms with Crippen molar-refractivity contribution in [2.75, 3.05) is 4.55 Å². The van der Waals surface area contributed by atoms with Gasteiger partial charge in [0.2, 0.25) is 0 Å². The summed E-state index contributed by atoms with van der Waals surface area (Å²) in [5.74, 6) is 5.82. The SMILES string of the molecule is CCCCC(C)(C)N(N)CI. The average Bonchev–Trinajstić information content (AvgIpc) is 1.99. The molecule has 0 aliphatic rings. The van der Waals surface area contributed by atoms with Crippen molar-refractivity contribution in [3.8, 4) is 0 Å². The van der Waals surface area contributed by atoms with E-state index in [2.05, 4.69) is 43.4 Å². The van der Waals surface area contributed by atoms with Gasteiger partial charge in [0, 0.05) is 5.54 Å². The van der Waals surface area contributed by atoms with Crippen molar-refractivity contribution in [2.45, 2.75) is 45.6 Å². The van der Waals surface area contributed by atoms with Gasteiger partial charge >= 0.3 is 0 Å². The van der Waals surface area contributed by atoms with E-state index < -0.39 is 0 Å². The summed E-state index contributed by atoms with van der Waals surface area (Å²) < 4.78 is 0.897. The van der Waals surface area contributed by atoms with Gasteiger partial charge in [-0.05, 0) is 20.3 Å². The Morgan fingerprint density at radius 1 is 1.45 bits per heavy atom. The van der Waals surface area contributed by atoms with Crippen LogP contribution in [0.3, 0.4) is 0 Å². The van der Waals surface area contributed by atoms with Gasteiger partial charge in [0.05, 0.1) is 4.55 Å². The number of nitrogens with two attached hydrogens (primary N) is 1. The molecule has 0 aromatic carbocycles. The molecule has 2 N–H and O–H groups in total. The maximum absolute atomic E-state index is 5.82. The number of hydrogen-bond acceptors (Lipinski definition) is 2. The molecule has 68 valence electrons. The molecule has 0 aromatic heterocycles. The third-order valence-electron chi connectivity index (χ3n) is 2.05. The largest absolute Gasteiger partial charge is 0.268 e. The molecule has 0 atom stereocenters. The first-order valence-electron chi connectivity index (χ1n) is 4.13. The molecule has 0 heterocycles. The zero-order valence-electron chi connectivity index (χ0n) is 7.73. The second-order valence-electron chi connectivity index (χ2n) is 3.51. The zero-order chi connectivity index (χ0) is 8.91. The van der Waals surface area contributed by atoms with Crippen molar-refractivity contribution in [3.05, 3.63) is 0 Å². The Bertz CT molecular complexity index is 104. The Morgan fingerprint density at radius 3 is 2.36 bits per heavy atom. The Hall–Kier alpha value is 0.650. The van der Waals surface area contributed by atoms with Gasteiger partial charge in [0.25, 0.3) is 0 Å². The minimum atomic E-state index is 0.164. The van der Waals surface area contributed by atoms with Crippen molar-refractivity contribution in [2.24, 2.45) is 5.84 Å². The summed E-state index contributed by atoms with van der Waals surface area (Å²) in [6, 6.07) is 0. The van der Waals surface area contributed by atoms with E-state index >= 15 is 0 Å². The number of unbranched alkanes of at least 4 members (excludes halogenated alkanes) is 1. The van der Waals surface area contributed by atoms with Crippen molar-refractivity contribution in [1.82, 2.24) is 5.01 Å². The minimum absolute atomic E-state index is 0.164. The number of hydrogen-bond donors (Lipinski definition) is 1. The second kappa shape index (κ2) is 5.32. The smallest absolute Gasteiger partial charge is 0.0653 e. The van der Waals surface area contributed by atoms with E-state index in [4.69, 9.17) is 5.84 Å². The molecule has 0 bridgehead atoms. The molecule has 0 aliphatic carbocycles. The van der Waals surface area contributed by atoms with E-state index in [1.807, 2.05) is 5.01 Å². The van der Waals surface area contributed by atoms with Gasteiger partial charge in [0.15, 0.2) is 0 Å². The molecule has 0 spiro atoms. The highest BCUT2D eigenvalue weighted by atomic mass is 127. The number of hydrazine groups is 1. The number of halogens is 1. The molecule has 0 amide bonds. The van der Waals surface area contributed by atoms with Gasteiger partial charge in [-0.2, -0.15) is 0 Å². The van der Waals surface area contributed by atoms with Crippen molar-refractivity contribution < 1.29 is 0 Å². The molecule has 0 aromatic rings. The van der Waals surface area contributed by atoms with Crippen LogP contribution in [0.4, 0.5) is 0 Å². The Kier molecular flexibility index (Phi) is 5.64. The fraction of sp³-hybridized carbons (Fsp3) is 1.00. The molecule has 3 heteroatoms. The minimum Gasteiger partial charge on any atom is -0.268 e. The molecular formula is C8H19IN2. The monoisotopic (exact) mass is 270 g/mol. The Morgan fingerprint density at radius 2 is 2.00 bits per heavy atom. The lowest BCUT2D eigenvalue weighted by molar-refractivity contribution is 0.140. The van der Waals surface area contributed by atoms with E-state index in [0.29, 0.717) is 0 Å². The number of alkyl halides is 1. The molecular weight excluding hydrogens is 251 g/mol. The lowest BCUT2D eigenvalue weighted by Crippen LogP contribution is -2.47. The summed E-state index contributed by atoms with van der Waals surface area (Å²) in [5, 5.41) is 1.91. The fourth-order valence-corrected chi connectivity index (χ4v) is 1.84. The van der Waals surface area contributed by atoms with E-state index in [1.54, 1.807) is 0 Å². The molecule has 0 saturated carbocycles. The zero-order valence-corrected chi connectivity index (χ0v) is 9.89. The quantitative estimate of drug-likeness (QED) is 0.273. The highest BCUT2D eigenvalue weighted by molar-refractivity contribution is 14.1. The Labute approximate surface area is 83.6 Å². The molecule has 0 rings (SSSR count). The van der Waals surface area contributed by atoms with Crippen LogP contribution >= 0.6 is 22.6 Å². The summed E-state index contributed by atoms with van der Waals surface area (Å²) in [6.45, 7) is 6.60. The van der Waals surface area contributed by atoms with Gasteiger partial charge in [0.1, 0.15) is 0 Å². The van der Waals surface area contributed by atoms with Crippen molar-refractivity contribution in [1.29, 1.82) is 0 Å². The van der Waals surface area contributed by atoms with Gasteiger partial charge < -0.3 is 0 Å². The third-order valence-corrected chi connectivity index (χ3v) is 2.78. The van der Waals surface area contributed by atoms with Gasteiger partial charge in [-0.15, -0.1) is 0 Å². The maximum atomic E-state index is 5.82. The van der Waals surface area contributed by atoms with Crippen LogP contribution in [0, 0.1) is 0 Å². The first-order chi connectivity index (χ1) is 5.04. The molecule has 0 aliphatic heterocycles. The summed E-state index contributed by atoms with van der Waals surface area (Å²) in [5.41, 5.74) is 0.164. The predicted molar refractivity (Wildman–Crippen MR) is 58.5 cm³/mol. The highest BCUT2D eigenvalue weighted by Gasteiger charge is 2.21. The maximum Gasteiger partial charge on any atom is 0.0653 e. The Balaban J connectivity index is 3.77. The van der Waals surface area contributed by atoms with Crippen LogP contribution in [0.5, 0.6) is 0 Å². The summed E-state index contributed by atoms with van der Waals surface area (Å²) in [6.07, 6.45) is 3.69. The second-order valence-corrected chi connectivity index (χ2v) is 4.19. The summed E-state index contributed by atoms with van der Waals surface area (Å²) in [4.78, 5) is 0. The number of nitrogens with zero attached hydrogens (tertiary/aromatic N) is 1. The van der Waals surface area contributed by atoms with E-state index in [1.165, 1.54) is 19.3 Å². The van der Waals surface area contributed by atoms with Gasteiger partial charge in [-0.25, -0.2) is 5.01 Å². The topological polar surface area (TPSA) is 29.3 Å². The first kappa shape index (κ1) is 11.6. The van der Waals surface area contributed by atoms with E-state index in [9.17, 15) is 0 Å². The molecule has 0 fully saturated rings.